The van der Waals surface area contributed by atoms with Crippen LogP contribution in [0.25, 0.3) is 17.2 Å². The van der Waals surface area contributed by atoms with Gasteiger partial charge in [-0.05, 0) is 38.1 Å². The molecule has 2 aromatic heterocycles. The molecule has 34 heavy (non-hydrogen) atoms. The zero-order chi connectivity index (χ0) is 23.8. The van der Waals surface area contributed by atoms with E-state index >= 15 is 0 Å². The van der Waals surface area contributed by atoms with E-state index in [-0.39, 0.29) is 16.9 Å². The number of nitrogens with zero attached hydrogens (tertiary/aromatic N) is 4. The summed E-state index contributed by atoms with van der Waals surface area (Å²) in [6.07, 6.45) is 0. The lowest BCUT2D eigenvalue weighted by atomic mass is 9.99. The zero-order valence-corrected chi connectivity index (χ0v) is 20.4. The number of hydrogen-bond donors (Lipinski definition) is 1. The Morgan fingerprint density at radius 1 is 1.09 bits per heavy atom. The minimum atomic E-state index is -0.213. The van der Waals surface area contributed by atoms with Crippen LogP contribution in [0.15, 0.2) is 54.6 Å². The minimum absolute atomic E-state index is 0.114. The third-order valence-corrected chi connectivity index (χ3v) is 7.03. The average Bonchev–Trinajstić information content (AvgIpc) is 3.09. The van der Waals surface area contributed by atoms with Gasteiger partial charge in [0.05, 0.1) is 23.8 Å². The molecule has 1 amide bonds. The number of para-hydroxylation sites is 1. The number of aryl methyl sites for hydroxylation is 2. The first kappa shape index (κ1) is 22.4. The molecule has 1 aliphatic rings. The molecule has 0 saturated heterocycles. The molecule has 0 fully saturated rings. The average molecular weight is 492 g/mol. The summed E-state index contributed by atoms with van der Waals surface area (Å²) in [6, 6.07) is 17.3. The van der Waals surface area contributed by atoms with Crippen LogP contribution in [0.1, 0.15) is 27.8 Å². The maximum absolute atomic E-state index is 12.8. The van der Waals surface area contributed by atoms with Gasteiger partial charge in [-0.2, -0.15) is 9.78 Å². The standard InChI is InChI=1S/C25H22ClN5O2S/c1-14-12-15(2)28-25(27-14)31-24-21(22(30-31)16-8-10-17(26)11-9-16)23(34-13-20(32)29-24)18-6-4-5-7-19(18)33-3/h4-12,23H,13H2,1-3H3,(H,29,32). The van der Waals surface area contributed by atoms with Crippen molar-refractivity contribution in [2.75, 3.05) is 18.2 Å². The van der Waals surface area contributed by atoms with Crippen molar-refractivity contribution in [2.24, 2.45) is 0 Å². The Morgan fingerprint density at radius 2 is 1.79 bits per heavy atom. The Morgan fingerprint density at radius 3 is 2.50 bits per heavy atom. The van der Waals surface area contributed by atoms with Crippen LogP contribution in [0.2, 0.25) is 5.02 Å². The number of carbonyl (C=O) groups is 1. The van der Waals surface area contributed by atoms with Gasteiger partial charge >= 0.3 is 0 Å². The first-order chi connectivity index (χ1) is 16.4. The lowest BCUT2D eigenvalue weighted by molar-refractivity contribution is -0.113. The number of hydrogen-bond acceptors (Lipinski definition) is 6. The second kappa shape index (κ2) is 9.12. The van der Waals surface area contributed by atoms with Gasteiger partial charge in [0, 0.05) is 33.1 Å². The number of carbonyl (C=O) groups excluding carboxylic acids is 1. The summed E-state index contributed by atoms with van der Waals surface area (Å²) >= 11 is 7.70. The molecule has 172 valence electrons. The van der Waals surface area contributed by atoms with Crippen LogP contribution in [0, 0.1) is 13.8 Å². The maximum atomic E-state index is 12.8. The van der Waals surface area contributed by atoms with E-state index in [0.29, 0.717) is 16.8 Å². The van der Waals surface area contributed by atoms with Crippen LogP contribution >= 0.6 is 23.4 Å². The van der Waals surface area contributed by atoms with Gasteiger partial charge in [0.25, 0.3) is 5.95 Å². The van der Waals surface area contributed by atoms with Crippen LogP contribution in [-0.4, -0.2) is 38.5 Å². The summed E-state index contributed by atoms with van der Waals surface area (Å²) in [5, 5.41) is 8.41. The lowest BCUT2D eigenvalue weighted by Gasteiger charge is -2.19. The Bertz CT molecular complexity index is 1370. The fraction of sp³-hybridized carbons (Fsp3) is 0.200. The van der Waals surface area contributed by atoms with Crippen molar-refractivity contribution in [3.05, 3.63) is 82.1 Å². The summed E-state index contributed by atoms with van der Waals surface area (Å²) in [4.78, 5) is 22.0. The third-order valence-electron chi connectivity index (χ3n) is 5.52. The highest BCUT2D eigenvalue weighted by Gasteiger charge is 2.34. The number of halogens is 1. The van der Waals surface area contributed by atoms with Gasteiger partial charge < -0.3 is 10.1 Å². The molecule has 1 N–H and O–H groups in total. The Balaban J connectivity index is 1.82. The molecule has 7 nitrogen and oxygen atoms in total. The molecule has 3 heterocycles. The zero-order valence-electron chi connectivity index (χ0n) is 18.9. The van der Waals surface area contributed by atoms with Crippen LogP contribution in [0.4, 0.5) is 5.82 Å². The van der Waals surface area contributed by atoms with E-state index in [1.54, 1.807) is 11.8 Å². The first-order valence-corrected chi connectivity index (χ1v) is 12.1. The largest absolute Gasteiger partial charge is 0.496 e. The second-order valence-corrected chi connectivity index (χ2v) is 9.49. The molecule has 4 aromatic rings. The molecule has 1 atom stereocenters. The van der Waals surface area contributed by atoms with Gasteiger partial charge in [0.2, 0.25) is 5.91 Å². The summed E-state index contributed by atoms with van der Waals surface area (Å²) in [5.41, 5.74) is 5.06. The molecule has 2 aromatic carbocycles. The third kappa shape index (κ3) is 4.15. The summed E-state index contributed by atoms with van der Waals surface area (Å²) in [7, 11) is 1.65. The molecule has 0 saturated carbocycles. The quantitative estimate of drug-likeness (QED) is 0.412. The molecule has 0 spiro atoms. The molecule has 5 rings (SSSR count). The second-order valence-electron chi connectivity index (χ2n) is 7.96. The molecule has 0 aliphatic carbocycles. The van der Waals surface area contributed by atoms with Gasteiger partial charge in [0.1, 0.15) is 11.6 Å². The number of fused-ring (bicyclic) bond motifs is 1. The number of thioether (sulfide) groups is 1. The molecule has 0 radical (unpaired) electrons. The first-order valence-electron chi connectivity index (χ1n) is 10.7. The Kier molecular flexibility index (Phi) is 6.02. The highest BCUT2D eigenvalue weighted by atomic mass is 35.5. The van der Waals surface area contributed by atoms with Crippen LogP contribution in [-0.2, 0) is 4.79 Å². The van der Waals surface area contributed by atoms with Crippen molar-refractivity contribution in [2.45, 2.75) is 19.1 Å². The minimum Gasteiger partial charge on any atom is -0.496 e. The van der Waals surface area contributed by atoms with E-state index in [0.717, 1.165) is 39.5 Å². The fourth-order valence-electron chi connectivity index (χ4n) is 4.11. The van der Waals surface area contributed by atoms with Crippen LogP contribution < -0.4 is 10.1 Å². The molecule has 1 unspecified atom stereocenters. The predicted octanol–water partition coefficient (Wildman–Crippen LogP) is 5.38. The maximum Gasteiger partial charge on any atom is 0.252 e. The molecule has 1 aliphatic heterocycles. The van der Waals surface area contributed by atoms with E-state index in [2.05, 4.69) is 15.3 Å². The van der Waals surface area contributed by atoms with Crippen molar-refractivity contribution >= 4 is 35.1 Å². The Hall–Kier alpha value is -3.36. The fourth-order valence-corrected chi connectivity index (χ4v) is 5.39. The van der Waals surface area contributed by atoms with Gasteiger partial charge in [0.15, 0.2) is 0 Å². The van der Waals surface area contributed by atoms with Crippen molar-refractivity contribution in [1.29, 1.82) is 0 Å². The molecule has 0 bridgehead atoms. The highest BCUT2D eigenvalue weighted by molar-refractivity contribution is 8.00. The van der Waals surface area contributed by atoms with E-state index in [4.69, 9.17) is 21.4 Å². The number of nitrogens with one attached hydrogen (secondary N) is 1. The molecular formula is C25H22ClN5O2S. The van der Waals surface area contributed by atoms with E-state index < -0.39 is 0 Å². The van der Waals surface area contributed by atoms with E-state index in [9.17, 15) is 4.79 Å². The number of anilines is 1. The molecule has 9 heteroatoms. The monoisotopic (exact) mass is 491 g/mol. The number of aromatic nitrogens is 4. The highest BCUT2D eigenvalue weighted by Crippen LogP contribution is 2.48. The van der Waals surface area contributed by atoms with Crippen molar-refractivity contribution < 1.29 is 9.53 Å². The predicted molar refractivity (Wildman–Crippen MR) is 135 cm³/mol. The van der Waals surface area contributed by atoms with Crippen LogP contribution in [0.3, 0.4) is 0 Å². The lowest BCUT2D eigenvalue weighted by Crippen LogP contribution is -2.17. The van der Waals surface area contributed by atoms with Crippen molar-refractivity contribution in [3.8, 4) is 23.0 Å². The van der Waals surface area contributed by atoms with E-state index in [1.165, 1.54) is 11.8 Å². The van der Waals surface area contributed by atoms with Crippen LogP contribution in [0.5, 0.6) is 5.75 Å². The summed E-state index contributed by atoms with van der Waals surface area (Å²) in [6.45, 7) is 3.82. The number of benzene rings is 2. The van der Waals surface area contributed by atoms with Gasteiger partial charge in [-0.3, -0.25) is 4.79 Å². The van der Waals surface area contributed by atoms with Gasteiger partial charge in [-0.25, -0.2) is 9.97 Å². The Labute approximate surface area is 206 Å². The number of rotatable bonds is 4. The normalized spacial score (nSPS) is 15.4. The molecular weight excluding hydrogens is 470 g/mol. The van der Waals surface area contributed by atoms with Gasteiger partial charge in [-0.15, -0.1) is 11.8 Å². The van der Waals surface area contributed by atoms with Gasteiger partial charge in [-0.1, -0.05) is 41.9 Å². The summed E-state index contributed by atoms with van der Waals surface area (Å²) < 4.78 is 7.31. The SMILES string of the molecule is COc1ccccc1C1SCC(=O)Nc2c1c(-c1ccc(Cl)cc1)nn2-c1nc(C)cc(C)n1. The topological polar surface area (TPSA) is 81.9 Å². The smallest absolute Gasteiger partial charge is 0.252 e. The number of ether oxygens (including phenoxy) is 1. The van der Waals surface area contributed by atoms with Crippen molar-refractivity contribution in [3.63, 3.8) is 0 Å². The number of methoxy groups -OCH3 is 1. The summed E-state index contributed by atoms with van der Waals surface area (Å²) in [5.74, 6) is 1.88. The van der Waals surface area contributed by atoms with Crippen molar-refractivity contribution in [1.82, 2.24) is 19.7 Å². The number of amides is 1. The van der Waals surface area contributed by atoms with E-state index in [1.807, 2.05) is 68.4 Å².